The zero-order valence-electron chi connectivity index (χ0n) is 7.59. The summed E-state index contributed by atoms with van der Waals surface area (Å²) >= 11 is 3.62. The van der Waals surface area contributed by atoms with Gasteiger partial charge in [0, 0.05) is 0 Å². The zero-order valence-corrected chi connectivity index (χ0v) is 9.38. The van der Waals surface area contributed by atoms with E-state index in [0.717, 1.165) is 13.0 Å². The predicted octanol–water partition coefficient (Wildman–Crippen LogP) is 1.50. The Balaban J connectivity index is 0. The first kappa shape index (κ1) is 15.9. The summed E-state index contributed by atoms with van der Waals surface area (Å²) in [5.41, 5.74) is 0. The van der Waals surface area contributed by atoms with Crippen molar-refractivity contribution in [1.29, 1.82) is 0 Å². The van der Waals surface area contributed by atoms with Crippen LogP contribution in [-0.4, -0.2) is 21.3 Å². The first-order valence-corrected chi connectivity index (χ1v) is 5.89. The molecule has 0 saturated carbocycles. The number of unbranched alkanes of at least 4 members (excludes halogenated alkanes) is 3. The molecule has 0 heterocycles. The number of hydrogen-bond acceptors (Lipinski definition) is 3. The molecule has 0 rings (SSSR count). The van der Waals surface area contributed by atoms with Gasteiger partial charge in [-0.25, -0.2) is 4.57 Å². The molecule has 0 radical (unpaired) electrons. The second-order valence-corrected chi connectivity index (χ2v) is 3.69. The van der Waals surface area contributed by atoms with E-state index in [4.69, 9.17) is 19.2 Å². The van der Waals surface area contributed by atoms with Crippen LogP contribution in [0.1, 0.15) is 32.6 Å². The van der Waals surface area contributed by atoms with Crippen LogP contribution in [0.15, 0.2) is 0 Å². The Morgan fingerprint density at radius 1 is 1.23 bits per heavy atom. The third-order valence-corrected chi connectivity index (χ3v) is 1.27. The highest BCUT2D eigenvalue weighted by Gasteiger charge is 2.00. The highest BCUT2D eigenvalue weighted by atomic mass is 32.1. The van der Waals surface area contributed by atoms with Gasteiger partial charge < -0.3 is 18.9 Å². The molecule has 0 amide bonds. The van der Waals surface area contributed by atoms with Crippen LogP contribution in [0.5, 0.6) is 0 Å². The van der Waals surface area contributed by atoms with Crippen molar-refractivity contribution in [2.45, 2.75) is 32.6 Å². The lowest BCUT2D eigenvalue weighted by Crippen LogP contribution is -1.83. The molecule has 3 N–H and O–H groups in total. The fourth-order valence-electron chi connectivity index (χ4n) is 0.593. The molecule has 0 aromatic carbocycles. The van der Waals surface area contributed by atoms with Crippen LogP contribution in [0.2, 0.25) is 0 Å². The molecule has 0 bridgehead atoms. The molecule has 82 valence electrons. The molecule has 13 heavy (non-hydrogen) atoms. The van der Waals surface area contributed by atoms with Crippen LogP contribution in [-0.2, 0) is 8.75 Å². The van der Waals surface area contributed by atoms with Gasteiger partial charge in [0.25, 0.3) is 0 Å². The molecular formula is C6H17O5PS. The lowest BCUT2D eigenvalue weighted by atomic mass is 10.2. The summed E-state index contributed by atoms with van der Waals surface area (Å²) in [6.45, 7) is 2.99. The van der Waals surface area contributed by atoms with Gasteiger partial charge in [0.15, 0.2) is 0 Å². The first-order valence-electron chi connectivity index (χ1n) is 3.96. The average molecular weight is 232 g/mol. The summed E-state index contributed by atoms with van der Waals surface area (Å²) in [5.74, 6) is 0. The molecular weight excluding hydrogens is 215 g/mol. The quantitative estimate of drug-likeness (QED) is 0.250. The number of thiol groups is 1. The van der Waals surface area contributed by atoms with E-state index in [-0.39, 0.29) is 0 Å². The fourth-order valence-corrected chi connectivity index (χ4v) is 0.722. The summed E-state index contributed by atoms with van der Waals surface area (Å²) < 4.78 is 13.5. The molecule has 7 heteroatoms. The maximum atomic E-state index is 8.88. The molecule has 5 nitrogen and oxygen atoms in total. The van der Waals surface area contributed by atoms with Gasteiger partial charge >= 0.3 is 7.82 Å². The molecule has 0 aliphatic heterocycles. The van der Waals surface area contributed by atoms with E-state index >= 15 is 0 Å². The summed E-state index contributed by atoms with van der Waals surface area (Å²) in [6.07, 6.45) is 5.03. The van der Waals surface area contributed by atoms with Crippen LogP contribution in [0.4, 0.5) is 0 Å². The molecule has 0 aromatic rings. The third-order valence-electron chi connectivity index (χ3n) is 1.09. The number of phosphoric acid groups is 1. The van der Waals surface area contributed by atoms with Crippen molar-refractivity contribution in [2.24, 2.45) is 0 Å². The average Bonchev–Trinajstić information content (AvgIpc) is 1.95. The second-order valence-electron chi connectivity index (χ2n) is 2.41. The molecule has 0 fully saturated rings. The standard InChI is InChI=1S/C6H14OS.H3O4P/c1-2-3-4-5-6-7-8;1-5(2,3)4/h8H,2-6H2,1H3;(H3,1,2,3,4). The molecule has 0 aliphatic rings. The van der Waals surface area contributed by atoms with Crippen molar-refractivity contribution in [3.63, 3.8) is 0 Å². The molecule has 0 unspecified atom stereocenters. The van der Waals surface area contributed by atoms with Gasteiger partial charge in [0.2, 0.25) is 0 Å². The van der Waals surface area contributed by atoms with Gasteiger partial charge in [0.05, 0.1) is 6.61 Å². The van der Waals surface area contributed by atoms with Crippen molar-refractivity contribution in [1.82, 2.24) is 0 Å². The highest BCUT2D eigenvalue weighted by Crippen LogP contribution is 2.25. The van der Waals surface area contributed by atoms with Crippen LogP contribution < -0.4 is 0 Å². The minimum absolute atomic E-state index is 0.795. The first-order chi connectivity index (χ1) is 5.91. The van der Waals surface area contributed by atoms with Crippen LogP contribution in [0.25, 0.3) is 0 Å². The maximum Gasteiger partial charge on any atom is 0.466 e. The van der Waals surface area contributed by atoms with Crippen molar-refractivity contribution < 1.29 is 23.4 Å². The minimum Gasteiger partial charge on any atom is -0.319 e. The van der Waals surface area contributed by atoms with E-state index in [1.54, 1.807) is 0 Å². The summed E-state index contributed by atoms with van der Waals surface area (Å²) in [5, 5.41) is 0. The SMILES string of the molecule is CCCCCCOS.O=P(O)(O)O. The Hall–Kier alpha value is 0.420. The Kier molecular flexibility index (Phi) is 12.8. The lowest BCUT2D eigenvalue weighted by molar-refractivity contribution is 0.275. The lowest BCUT2D eigenvalue weighted by Gasteiger charge is -1.94. The monoisotopic (exact) mass is 232 g/mol. The van der Waals surface area contributed by atoms with Crippen molar-refractivity contribution >= 4 is 20.7 Å². The van der Waals surface area contributed by atoms with Gasteiger partial charge in [0.1, 0.15) is 0 Å². The van der Waals surface area contributed by atoms with Gasteiger partial charge in [-0.05, 0) is 19.3 Å². The van der Waals surface area contributed by atoms with Crippen molar-refractivity contribution in [2.75, 3.05) is 6.61 Å². The van der Waals surface area contributed by atoms with Gasteiger partial charge in [-0.3, -0.25) is 0 Å². The summed E-state index contributed by atoms with van der Waals surface area (Å²) in [4.78, 5) is 21.6. The van der Waals surface area contributed by atoms with E-state index in [0.29, 0.717) is 0 Å². The topological polar surface area (TPSA) is 87.0 Å². The second kappa shape index (κ2) is 10.5. The molecule has 0 saturated heterocycles. The van der Waals surface area contributed by atoms with Crippen LogP contribution in [0.3, 0.4) is 0 Å². The summed E-state index contributed by atoms with van der Waals surface area (Å²) in [7, 11) is -4.64. The fraction of sp³-hybridized carbons (Fsp3) is 1.00. The van der Waals surface area contributed by atoms with Gasteiger partial charge in [-0.2, -0.15) is 0 Å². The predicted molar refractivity (Wildman–Crippen MR) is 53.3 cm³/mol. The largest absolute Gasteiger partial charge is 0.466 e. The maximum absolute atomic E-state index is 8.88. The number of hydrogen-bond donors (Lipinski definition) is 4. The Morgan fingerprint density at radius 3 is 2.00 bits per heavy atom. The van der Waals surface area contributed by atoms with E-state index in [2.05, 4.69) is 24.0 Å². The number of rotatable bonds is 5. The summed E-state index contributed by atoms with van der Waals surface area (Å²) in [6, 6.07) is 0. The van der Waals surface area contributed by atoms with Gasteiger partial charge in [-0.15, -0.1) is 0 Å². The Bertz CT molecular complexity index is 123. The molecule has 0 atom stereocenters. The van der Waals surface area contributed by atoms with Crippen LogP contribution in [0, 0.1) is 0 Å². The van der Waals surface area contributed by atoms with Crippen molar-refractivity contribution in [3.8, 4) is 0 Å². The smallest absolute Gasteiger partial charge is 0.319 e. The molecule has 0 aliphatic carbocycles. The van der Waals surface area contributed by atoms with E-state index in [1.807, 2.05) is 0 Å². The normalized spacial score (nSPS) is 10.5. The van der Waals surface area contributed by atoms with Crippen LogP contribution >= 0.6 is 20.7 Å². The Labute approximate surface area is 84.0 Å². The highest BCUT2D eigenvalue weighted by molar-refractivity contribution is 7.75. The van der Waals surface area contributed by atoms with E-state index < -0.39 is 7.82 Å². The van der Waals surface area contributed by atoms with E-state index in [1.165, 1.54) is 19.3 Å². The third kappa shape index (κ3) is 45.9. The van der Waals surface area contributed by atoms with Crippen molar-refractivity contribution in [3.05, 3.63) is 0 Å². The molecule has 0 spiro atoms. The van der Waals surface area contributed by atoms with Gasteiger partial charge in [-0.1, -0.05) is 26.2 Å². The molecule has 0 aromatic heterocycles. The minimum atomic E-state index is -4.64. The Morgan fingerprint density at radius 2 is 1.69 bits per heavy atom. The van der Waals surface area contributed by atoms with E-state index in [9.17, 15) is 0 Å². The zero-order chi connectivity index (χ0) is 10.7.